The van der Waals surface area contributed by atoms with Gasteiger partial charge in [0.25, 0.3) is 0 Å². The Morgan fingerprint density at radius 2 is 1.92 bits per heavy atom. The highest BCUT2D eigenvalue weighted by atomic mass is 19.4. The molecule has 0 N–H and O–H groups in total. The van der Waals surface area contributed by atoms with Gasteiger partial charge < -0.3 is 13.7 Å². The lowest BCUT2D eigenvalue weighted by molar-refractivity contribution is -0.137. The molecule has 0 unspecified atom stereocenters. The Labute approximate surface area is 148 Å². The third-order valence-electron chi connectivity index (χ3n) is 4.41. The predicted molar refractivity (Wildman–Crippen MR) is 88.6 cm³/mol. The second-order valence-corrected chi connectivity index (χ2v) is 6.14. The Kier molecular flexibility index (Phi) is 4.34. The molecule has 1 aromatic carbocycles. The van der Waals surface area contributed by atoms with E-state index in [2.05, 4.69) is 4.90 Å². The van der Waals surface area contributed by atoms with E-state index >= 15 is 0 Å². The first-order valence-corrected chi connectivity index (χ1v) is 8.25. The summed E-state index contributed by atoms with van der Waals surface area (Å²) in [7, 11) is 0. The van der Waals surface area contributed by atoms with Crippen molar-refractivity contribution in [1.29, 1.82) is 0 Å². The summed E-state index contributed by atoms with van der Waals surface area (Å²) in [6.45, 7) is 1.88. The third kappa shape index (κ3) is 3.27. The number of rotatable bonds is 4. The first kappa shape index (κ1) is 16.9. The van der Waals surface area contributed by atoms with Gasteiger partial charge in [0.15, 0.2) is 0 Å². The van der Waals surface area contributed by atoms with Gasteiger partial charge in [0.1, 0.15) is 12.0 Å². The summed E-state index contributed by atoms with van der Waals surface area (Å²) < 4.78 is 52.4. The molecule has 2 aromatic heterocycles. The quantitative estimate of drug-likeness (QED) is 0.678. The standard InChI is InChI=1S/C19H17F3N2O2/c20-19(21,22)16-5-1-2-6-17(16)23-8-7-14(12-23)18-24(9-11-26-18)13-15-4-3-10-25-15/h1-8,10,12,18H,9,11,13H2/t18-/m0/s1. The predicted octanol–water partition coefficient (Wildman–Crippen LogP) is 4.62. The molecule has 0 aliphatic carbocycles. The molecule has 1 fully saturated rings. The van der Waals surface area contributed by atoms with E-state index in [-0.39, 0.29) is 11.9 Å². The molecular formula is C19H17F3N2O2. The summed E-state index contributed by atoms with van der Waals surface area (Å²) >= 11 is 0. The molecule has 3 aromatic rings. The molecule has 4 nitrogen and oxygen atoms in total. The van der Waals surface area contributed by atoms with Crippen LogP contribution in [0.1, 0.15) is 23.1 Å². The van der Waals surface area contributed by atoms with Crippen LogP contribution in [0.3, 0.4) is 0 Å². The highest BCUT2D eigenvalue weighted by Crippen LogP contribution is 2.35. The van der Waals surface area contributed by atoms with Crippen molar-refractivity contribution in [2.24, 2.45) is 0 Å². The van der Waals surface area contributed by atoms with Crippen LogP contribution in [-0.4, -0.2) is 22.6 Å². The Bertz CT molecular complexity index is 871. The fraction of sp³-hybridized carbons (Fsp3) is 0.263. The van der Waals surface area contributed by atoms with Gasteiger partial charge in [-0.1, -0.05) is 12.1 Å². The van der Waals surface area contributed by atoms with E-state index in [4.69, 9.17) is 9.15 Å². The topological polar surface area (TPSA) is 30.5 Å². The first-order chi connectivity index (χ1) is 12.5. The molecule has 4 rings (SSSR count). The van der Waals surface area contributed by atoms with E-state index in [1.807, 2.05) is 12.1 Å². The van der Waals surface area contributed by atoms with Crippen LogP contribution in [0.15, 0.2) is 65.5 Å². The van der Waals surface area contributed by atoms with Gasteiger partial charge >= 0.3 is 6.18 Å². The third-order valence-corrected chi connectivity index (χ3v) is 4.41. The Balaban J connectivity index is 1.60. The minimum Gasteiger partial charge on any atom is -0.468 e. The zero-order valence-electron chi connectivity index (χ0n) is 13.8. The molecular weight excluding hydrogens is 345 g/mol. The lowest BCUT2D eigenvalue weighted by Gasteiger charge is -2.21. The number of alkyl halides is 3. The normalized spacial score (nSPS) is 18.5. The lowest BCUT2D eigenvalue weighted by atomic mass is 10.1. The fourth-order valence-electron chi connectivity index (χ4n) is 3.22. The summed E-state index contributed by atoms with van der Waals surface area (Å²) in [5.74, 6) is 0.822. The van der Waals surface area contributed by atoms with Gasteiger partial charge in [0, 0.05) is 24.5 Å². The second kappa shape index (κ2) is 6.66. The first-order valence-electron chi connectivity index (χ1n) is 8.25. The van der Waals surface area contributed by atoms with Gasteiger partial charge in [0.2, 0.25) is 0 Å². The van der Waals surface area contributed by atoms with Crippen LogP contribution in [0, 0.1) is 0 Å². The monoisotopic (exact) mass is 362 g/mol. The van der Waals surface area contributed by atoms with Crippen LogP contribution in [0.4, 0.5) is 13.2 Å². The number of hydrogen-bond donors (Lipinski definition) is 0. The molecule has 1 saturated heterocycles. The Morgan fingerprint density at radius 1 is 1.08 bits per heavy atom. The van der Waals surface area contributed by atoms with E-state index in [0.717, 1.165) is 23.9 Å². The van der Waals surface area contributed by atoms with Crippen molar-refractivity contribution >= 4 is 0 Å². The zero-order chi connectivity index (χ0) is 18.1. The van der Waals surface area contributed by atoms with Gasteiger partial charge in [-0.15, -0.1) is 0 Å². The second-order valence-electron chi connectivity index (χ2n) is 6.14. The zero-order valence-corrected chi connectivity index (χ0v) is 13.8. The van der Waals surface area contributed by atoms with Crippen LogP contribution in [-0.2, 0) is 17.5 Å². The number of nitrogens with zero attached hydrogens (tertiary/aromatic N) is 2. The van der Waals surface area contributed by atoms with Gasteiger partial charge in [-0.2, -0.15) is 13.2 Å². The van der Waals surface area contributed by atoms with E-state index in [1.54, 1.807) is 30.8 Å². The molecule has 0 amide bonds. The van der Waals surface area contributed by atoms with Gasteiger partial charge in [-0.05, 0) is 30.3 Å². The summed E-state index contributed by atoms with van der Waals surface area (Å²) in [6, 6.07) is 11.0. The lowest BCUT2D eigenvalue weighted by Crippen LogP contribution is -2.23. The van der Waals surface area contributed by atoms with E-state index in [0.29, 0.717) is 13.2 Å². The van der Waals surface area contributed by atoms with Crippen LogP contribution in [0.25, 0.3) is 5.69 Å². The molecule has 0 saturated carbocycles. The van der Waals surface area contributed by atoms with Crippen molar-refractivity contribution < 1.29 is 22.3 Å². The van der Waals surface area contributed by atoms with Crippen molar-refractivity contribution in [3.8, 4) is 5.69 Å². The highest BCUT2D eigenvalue weighted by Gasteiger charge is 2.34. The molecule has 0 bridgehead atoms. The number of ether oxygens (including phenoxy) is 1. The summed E-state index contributed by atoms with van der Waals surface area (Å²) in [6.07, 6.45) is 0.226. The van der Waals surface area contributed by atoms with E-state index in [9.17, 15) is 13.2 Å². The molecule has 1 atom stereocenters. The highest BCUT2D eigenvalue weighted by molar-refractivity contribution is 5.44. The number of hydrogen-bond acceptors (Lipinski definition) is 3. The van der Waals surface area contributed by atoms with Gasteiger partial charge in [0.05, 0.1) is 30.7 Å². The van der Waals surface area contributed by atoms with Crippen LogP contribution >= 0.6 is 0 Å². The van der Waals surface area contributed by atoms with Crippen LogP contribution in [0.5, 0.6) is 0 Å². The number of para-hydroxylation sites is 1. The Morgan fingerprint density at radius 3 is 2.69 bits per heavy atom. The van der Waals surface area contributed by atoms with Crippen molar-refractivity contribution in [3.05, 3.63) is 78.0 Å². The van der Waals surface area contributed by atoms with Crippen molar-refractivity contribution in [3.63, 3.8) is 0 Å². The van der Waals surface area contributed by atoms with Crippen molar-refractivity contribution in [1.82, 2.24) is 9.47 Å². The van der Waals surface area contributed by atoms with E-state index in [1.165, 1.54) is 16.7 Å². The number of benzene rings is 1. The molecule has 0 radical (unpaired) electrons. The molecule has 136 valence electrons. The van der Waals surface area contributed by atoms with Crippen LogP contribution in [0.2, 0.25) is 0 Å². The number of aromatic nitrogens is 1. The molecule has 3 heterocycles. The average Bonchev–Trinajstić information content (AvgIpc) is 3.36. The molecule has 0 spiro atoms. The van der Waals surface area contributed by atoms with Gasteiger partial charge in [-0.25, -0.2) is 0 Å². The maximum Gasteiger partial charge on any atom is 0.418 e. The van der Waals surface area contributed by atoms with Crippen LogP contribution < -0.4 is 0 Å². The van der Waals surface area contributed by atoms with Gasteiger partial charge in [-0.3, -0.25) is 4.90 Å². The molecule has 26 heavy (non-hydrogen) atoms. The molecule has 1 aliphatic heterocycles. The fourth-order valence-corrected chi connectivity index (χ4v) is 3.22. The average molecular weight is 362 g/mol. The smallest absolute Gasteiger partial charge is 0.418 e. The SMILES string of the molecule is FC(F)(F)c1ccccc1-n1ccc([C@@H]2OCCN2Cc2ccco2)c1. The summed E-state index contributed by atoms with van der Waals surface area (Å²) in [5, 5.41) is 0. The van der Waals surface area contributed by atoms with Crippen molar-refractivity contribution in [2.75, 3.05) is 13.2 Å². The molecule has 1 aliphatic rings. The maximum absolute atomic E-state index is 13.3. The Hall–Kier alpha value is -2.51. The molecule has 7 heteroatoms. The summed E-state index contributed by atoms with van der Waals surface area (Å²) in [4.78, 5) is 2.09. The largest absolute Gasteiger partial charge is 0.468 e. The van der Waals surface area contributed by atoms with Crippen molar-refractivity contribution in [2.45, 2.75) is 18.9 Å². The van der Waals surface area contributed by atoms with E-state index < -0.39 is 11.7 Å². The number of furan rings is 1. The minimum absolute atomic E-state index is 0.0989. The minimum atomic E-state index is -4.41. The maximum atomic E-state index is 13.3. The number of halogens is 3. The summed E-state index contributed by atoms with van der Waals surface area (Å²) in [5.41, 5.74) is 0.245.